The number of hydrogen-bond acceptors (Lipinski definition) is 16. The van der Waals surface area contributed by atoms with Crippen molar-refractivity contribution in [1.29, 1.82) is 0 Å². The molecule has 0 bridgehead atoms. The molecule has 1 aromatic carbocycles. The molecule has 8 unspecified atom stereocenters. The lowest BCUT2D eigenvalue weighted by Gasteiger charge is -2.29. The molecule has 3 rings (SSSR count). The first-order valence-corrected chi connectivity index (χ1v) is 31.3. The Hall–Kier alpha value is -5.03. The van der Waals surface area contributed by atoms with Crippen molar-refractivity contribution < 1.29 is 48.3 Å². The standard InChI is InChI=1S/C22H34N4O4.C16H30N4O3.C8H16O.C8H18.C7H14N2O2.C2H7N/c1-23-12-6-11-18(22(30)26-13-7-10-17(26)15-27)25-21(29)20(24-2)19(28)14-16-8-4-3-5-9-16;1-4-13(16(23)20-10-6-7-12(20)11-21)19-15(22)14(18-3)8-5-9-17-2;1-2-3-4-5-6-7-8-9;1-5-8(4)6-7(2)3;8-4-2-1-3-7(5-10)9-6-11;1-3-2/h3-5,8-9,15,17-20,23-24,28H,6-7,10-14H2,1-2H3,(H,25,29);11-14,17-18H,4-10H2,1-3H3,(H,19,22);8H,2-7H2,1H3;7-8H,5-6H2,1-4H3;5-7H,1-4,8H2,(H,9,11);3H,1-2H3/t17?,18?,19-,20?;;;;;/m1...../s1. The molecule has 5 amide bonds. The minimum absolute atomic E-state index is 0.152. The number of benzene rings is 1. The van der Waals surface area contributed by atoms with Crippen molar-refractivity contribution in [2.75, 3.05) is 75.0 Å². The van der Waals surface area contributed by atoms with E-state index in [-0.39, 0.29) is 35.8 Å². The number of likely N-dealkylation sites (N-methyl/N-ethyl adjacent to an activating group) is 2. The average molecular weight is 1190 g/mol. The van der Waals surface area contributed by atoms with Crippen LogP contribution in [-0.4, -0.2) is 193 Å². The van der Waals surface area contributed by atoms with Crippen molar-refractivity contribution in [2.45, 2.75) is 225 Å². The van der Waals surface area contributed by atoms with Crippen LogP contribution in [0, 0.1) is 11.8 Å². The highest BCUT2D eigenvalue weighted by atomic mass is 16.3. The van der Waals surface area contributed by atoms with Gasteiger partial charge in [-0.25, -0.2) is 0 Å². The average Bonchev–Trinajstić information content (AvgIpc) is 4.38. The molecule has 0 radical (unpaired) electrons. The van der Waals surface area contributed by atoms with E-state index >= 15 is 0 Å². The quantitative estimate of drug-likeness (QED) is 0.0324. The summed E-state index contributed by atoms with van der Waals surface area (Å²) in [7, 11) is 10.8. The molecule has 2 aliphatic rings. The van der Waals surface area contributed by atoms with E-state index in [1.54, 1.807) is 23.9 Å². The Balaban J connectivity index is -0.00000106. The van der Waals surface area contributed by atoms with Crippen LogP contribution >= 0.6 is 0 Å². The molecule has 0 aromatic heterocycles. The third kappa shape index (κ3) is 40.3. The molecular formula is C63H119N11O10. The topological polar surface area (TPSA) is 303 Å². The van der Waals surface area contributed by atoms with Crippen molar-refractivity contribution in [3.05, 3.63) is 35.9 Å². The number of nitrogens with zero attached hydrogens (tertiary/aromatic N) is 2. The molecule has 0 saturated carbocycles. The van der Waals surface area contributed by atoms with Crippen molar-refractivity contribution in [1.82, 2.24) is 52.3 Å². The molecular weight excluding hydrogens is 1070 g/mol. The SMILES string of the molecule is CCC(C)CC(C)C.CCC(NC(=O)C(CCCNC)NC)C(=O)N1CCCC1C=O.CCCCCCCC=O.CNC.CNCCCC(NC(=O)C(NC)[C@H](O)Cc1ccccc1)C(=O)N1CCCC1C=O.NCCCCC(C=O)NC=O. The number of carbonyl (C=O) groups is 9. The van der Waals surface area contributed by atoms with Crippen LogP contribution in [0.1, 0.15) is 176 Å². The number of aldehydes is 4. The molecule has 84 heavy (non-hydrogen) atoms. The van der Waals surface area contributed by atoms with E-state index < -0.39 is 36.2 Å². The zero-order valence-electron chi connectivity index (χ0n) is 54.0. The third-order valence-electron chi connectivity index (χ3n) is 14.3. The fourth-order valence-corrected chi connectivity index (χ4v) is 9.38. The van der Waals surface area contributed by atoms with Gasteiger partial charge < -0.3 is 82.4 Å². The van der Waals surface area contributed by atoms with E-state index in [1.165, 1.54) is 38.5 Å². The number of rotatable bonds is 38. The van der Waals surface area contributed by atoms with Gasteiger partial charge in [0.15, 0.2) is 0 Å². The number of aliphatic hydroxyl groups is 1. The van der Waals surface area contributed by atoms with Gasteiger partial charge in [0.2, 0.25) is 30.0 Å². The van der Waals surface area contributed by atoms with Gasteiger partial charge >= 0.3 is 0 Å². The fraction of sp³-hybridized carbons (Fsp3) is 0.762. The summed E-state index contributed by atoms with van der Waals surface area (Å²) < 4.78 is 0. The Labute approximate surface area is 507 Å². The Morgan fingerprint density at radius 3 is 1.62 bits per heavy atom. The van der Waals surface area contributed by atoms with Crippen molar-refractivity contribution >= 4 is 55.2 Å². The molecule has 2 saturated heterocycles. The van der Waals surface area contributed by atoms with Gasteiger partial charge in [-0.2, -0.15) is 0 Å². The van der Waals surface area contributed by atoms with E-state index in [2.05, 4.69) is 77.2 Å². The molecule has 2 fully saturated rings. The maximum atomic E-state index is 13.1. The van der Waals surface area contributed by atoms with Crippen molar-refractivity contribution in [3.63, 3.8) is 0 Å². The second-order valence-corrected chi connectivity index (χ2v) is 22.0. The highest BCUT2D eigenvalue weighted by molar-refractivity contribution is 5.92. The lowest BCUT2D eigenvalue weighted by molar-refractivity contribution is -0.139. The van der Waals surface area contributed by atoms with Crippen LogP contribution in [-0.2, 0) is 49.6 Å². The highest BCUT2D eigenvalue weighted by Crippen LogP contribution is 2.20. The molecule has 1 aromatic rings. The summed E-state index contributed by atoms with van der Waals surface area (Å²) in [6, 6.07) is 5.87. The lowest BCUT2D eigenvalue weighted by Crippen LogP contribution is -2.57. The van der Waals surface area contributed by atoms with E-state index in [0.717, 1.165) is 94.0 Å². The summed E-state index contributed by atoms with van der Waals surface area (Å²) in [6.45, 7) is 16.5. The first kappa shape index (κ1) is 83.2. The maximum absolute atomic E-state index is 13.1. The molecule has 2 aliphatic heterocycles. The smallest absolute Gasteiger partial charge is 0.245 e. The van der Waals surface area contributed by atoms with Crippen molar-refractivity contribution in [2.24, 2.45) is 17.6 Å². The highest BCUT2D eigenvalue weighted by Gasteiger charge is 2.36. The van der Waals surface area contributed by atoms with Crippen LogP contribution in [0.4, 0.5) is 0 Å². The Morgan fingerprint density at radius 2 is 1.19 bits per heavy atom. The number of nitrogens with two attached hydrogens (primary N) is 1. The second-order valence-electron chi connectivity index (χ2n) is 22.0. The zero-order valence-corrected chi connectivity index (χ0v) is 54.0. The van der Waals surface area contributed by atoms with Crippen molar-refractivity contribution in [3.8, 4) is 0 Å². The number of nitrogens with one attached hydrogen (secondary N) is 8. The van der Waals surface area contributed by atoms with Crippen LogP contribution in [0.25, 0.3) is 0 Å². The van der Waals surface area contributed by atoms with E-state index in [1.807, 2.05) is 65.4 Å². The molecule has 486 valence electrons. The molecule has 2 heterocycles. The largest absolute Gasteiger partial charge is 0.391 e. The van der Waals surface area contributed by atoms with E-state index in [0.29, 0.717) is 84.0 Å². The summed E-state index contributed by atoms with van der Waals surface area (Å²) >= 11 is 0. The monoisotopic (exact) mass is 1190 g/mol. The number of aliphatic hydroxyl groups excluding tert-OH is 1. The van der Waals surface area contributed by atoms with Crippen LogP contribution in [0.15, 0.2) is 30.3 Å². The molecule has 0 aliphatic carbocycles. The number of hydrogen-bond donors (Lipinski definition) is 10. The van der Waals surface area contributed by atoms with Gasteiger partial charge in [-0.15, -0.1) is 0 Å². The Kier molecular flexibility index (Phi) is 56.5. The summed E-state index contributed by atoms with van der Waals surface area (Å²) in [5.41, 5.74) is 6.17. The molecule has 11 N–H and O–H groups in total. The van der Waals surface area contributed by atoms with Gasteiger partial charge in [0, 0.05) is 25.9 Å². The fourth-order valence-electron chi connectivity index (χ4n) is 9.38. The summed E-state index contributed by atoms with van der Waals surface area (Å²) in [6.07, 6.45) is 21.6. The molecule has 0 spiro atoms. The lowest BCUT2D eigenvalue weighted by atomic mass is 9.97. The summed E-state index contributed by atoms with van der Waals surface area (Å²) in [4.78, 5) is 106. The van der Waals surface area contributed by atoms with Crippen LogP contribution in [0.5, 0.6) is 0 Å². The Morgan fingerprint density at radius 1 is 0.655 bits per heavy atom. The minimum atomic E-state index is -0.944. The van der Waals surface area contributed by atoms with Crippen LogP contribution in [0.3, 0.4) is 0 Å². The van der Waals surface area contributed by atoms with Gasteiger partial charge in [-0.1, -0.05) is 104 Å². The number of unbranched alkanes of at least 4 members (excludes halogenated alkanes) is 6. The summed E-state index contributed by atoms with van der Waals surface area (Å²) in [5, 5.41) is 33.4. The van der Waals surface area contributed by atoms with Gasteiger partial charge in [0.1, 0.15) is 43.3 Å². The first-order valence-electron chi connectivity index (χ1n) is 31.3. The summed E-state index contributed by atoms with van der Waals surface area (Å²) in [5.74, 6) is 0.832. The zero-order chi connectivity index (χ0) is 63.9. The van der Waals surface area contributed by atoms with E-state index in [4.69, 9.17) is 5.73 Å². The molecule has 21 nitrogen and oxygen atoms in total. The third-order valence-corrected chi connectivity index (χ3v) is 14.3. The van der Waals surface area contributed by atoms with Gasteiger partial charge in [0.05, 0.1) is 30.3 Å². The predicted molar refractivity (Wildman–Crippen MR) is 339 cm³/mol. The van der Waals surface area contributed by atoms with Gasteiger partial charge in [-0.3, -0.25) is 24.0 Å². The Bertz CT molecular complexity index is 1820. The second kappa shape index (κ2) is 57.1. The number of carbonyl (C=O) groups excluding carboxylic acids is 9. The van der Waals surface area contributed by atoms with E-state index in [9.17, 15) is 48.3 Å². The predicted octanol–water partition coefficient (Wildman–Crippen LogP) is 4.40. The first-order chi connectivity index (χ1) is 40.4. The van der Waals surface area contributed by atoms with Gasteiger partial charge in [-0.05, 0) is 169 Å². The number of likely N-dealkylation sites (tertiary alicyclic amines) is 2. The van der Waals surface area contributed by atoms with Crippen LogP contribution in [0.2, 0.25) is 0 Å². The number of amides is 5. The minimum Gasteiger partial charge on any atom is -0.391 e. The maximum Gasteiger partial charge on any atom is 0.245 e. The molecule has 21 heteroatoms. The normalized spacial score (nSPS) is 16.6. The van der Waals surface area contributed by atoms with Crippen LogP contribution < -0.4 is 48.3 Å². The van der Waals surface area contributed by atoms with Gasteiger partial charge in [0.25, 0.3) is 0 Å². The molecule has 9 atom stereocenters.